The molecule has 132 valence electrons. The van der Waals surface area contributed by atoms with Crippen LogP contribution < -0.4 is 4.74 Å². The Hall–Kier alpha value is -2.83. The number of piperazine rings is 1. The number of hydrogen-bond donors (Lipinski definition) is 1. The Bertz CT molecular complexity index is 708. The fourth-order valence-electron chi connectivity index (χ4n) is 2.73. The first-order valence-electron chi connectivity index (χ1n) is 8.17. The molecule has 0 aliphatic carbocycles. The highest BCUT2D eigenvalue weighted by atomic mass is 19.1. The molecule has 1 aromatic heterocycles. The van der Waals surface area contributed by atoms with Gasteiger partial charge in [0.15, 0.2) is 6.61 Å². The zero-order chi connectivity index (χ0) is 17.6. The third kappa shape index (κ3) is 4.59. The van der Waals surface area contributed by atoms with Gasteiger partial charge in [0.1, 0.15) is 11.6 Å². The lowest BCUT2D eigenvalue weighted by Crippen LogP contribution is -2.52. The van der Waals surface area contributed by atoms with Gasteiger partial charge in [0.05, 0.1) is 6.42 Å². The minimum Gasteiger partial charge on any atom is -0.484 e. The van der Waals surface area contributed by atoms with Crippen molar-refractivity contribution in [2.24, 2.45) is 0 Å². The van der Waals surface area contributed by atoms with Gasteiger partial charge in [-0.3, -0.25) is 9.59 Å². The van der Waals surface area contributed by atoms with Crippen molar-refractivity contribution in [3.05, 3.63) is 54.1 Å². The number of carbonyl (C=O) groups is 2. The van der Waals surface area contributed by atoms with Gasteiger partial charge in [0, 0.05) is 38.6 Å². The third-order valence-electron chi connectivity index (χ3n) is 4.18. The van der Waals surface area contributed by atoms with Gasteiger partial charge in [-0.25, -0.2) is 4.39 Å². The third-order valence-corrected chi connectivity index (χ3v) is 4.18. The molecule has 2 amide bonds. The van der Waals surface area contributed by atoms with Crippen LogP contribution in [0, 0.1) is 5.82 Å². The number of nitrogens with one attached hydrogen (secondary N) is 1. The van der Waals surface area contributed by atoms with E-state index >= 15 is 0 Å². The van der Waals surface area contributed by atoms with Crippen molar-refractivity contribution in [2.75, 3.05) is 32.8 Å². The topological polar surface area (TPSA) is 65.6 Å². The van der Waals surface area contributed by atoms with Crippen LogP contribution in [0.5, 0.6) is 5.75 Å². The van der Waals surface area contributed by atoms with Gasteiger partial charge < -0.3 is 19.5 Å². The Morgan fingerprint density at radius 2 is 1.64 bits per heavy atom. The SMILES string of the molecule is O=C(COc1ccc(F)cc1)N1CCN(C(=O)Cc2cc[nH]c2)CC1. The number of aromatic nitrogens is 1. The van der Waals surface area contributed by atoms with Gasteiger partial charge in [-0.1, -0.05) is 0 Å². The van der Waals surface area contributed by atoms with E-state index in [1.807, 2.05) is 12.3 Å². The average molecular weight is 345 g/mol. The number of nitrogens with zero attached hydrogens (tertiary/aromatic N) is 2. The maximum absolute atomic E-state index is 12.8. The first-order chi connectivity index (χ1) is 12.1. The fourth-order valence-corrected chi connectivity index (χ4v) is 2.73. The second-order valence-corrected chi connectivity index (χ2v) is 5.90. The second kappa shape index (κ2) is 7.83. The van der Waals surface area contributed by atoms with Crippen LogP contribution in [0.1, 0.15) is 5.56 Å². The monoisotopic (exact) mass is 345 g/mol. The molecule has 1 saturated heterocycles. The van der Waals surface area contributed by atoms with E-state index in [2.05, 4.69) is 4.98 Å². The summed E-state index contributed by atoms with van der Waals surface area (Å²) in [5, 5.41) is 0. The van der Waals surface area contributed by atoms with Crippen LogP contribution in [0.15, 0.2) is 42.7 Å². The number of H-pyrrole nitrogens is 1. The van der Waals surface area contributed by atoms with Crippen LogP contribution in [0.4, 0.5) is 4.39 Å². The molecule has 0 atom stereocenters. The zero-order valence-corrected chi connectivity index (χ0v) is 13.8. The molecule has 0 radical (unpaired) electrons. The molecule has 0 spiro atoms. The van der Waals surface area contributed by atoms with E-state index in [0.29, 0.717) is 38.3 Å². The summed E-state index contributed by atoms with van der Waals surface area (Å²) in [6.45, 7) is 1.93. The highest BCUT2D eigenvalue weighted by Crippen LogP contribution is 2.12. The number of halogens is 1. The molecule has 0 bridgehead atoms. The molecular formula is C18H20FN3O3. The predicted octanol–water partition coefficient (Wildman–Crippen LogP) is 1.45. The van der Waals surface area contributed by atoms with Crippen molar-refractivity contribution < 1.29 is 18.7 Å². The van der Waals surface area contributed by atoms with Crippen LogP contribution in [0.3, 0.4) is 0 Å². The van der Waals surface area contributed by atoms with E-state index in [0.717, 1.165) is 5.56 Å². The summed E-state index contributed by atoms with van der Waals surface area (Å²) in [6, 6.07) is 7.42. The molecule has 1 aliphatic heterocycles. The van der Waals surface area contributed by atoms with E-state index in [9.17, 15) is 14.0 Å². The molecule has 1 aromatic carbocycles. The Morgan fingerprint density at radius 3 is 2.24 bits per heavy atom. The number of amides is 2. The minimum absolute atomic E-state index is 0.0641. The Balaban J connectivity index is 1.42. The summed E-state index contributed by atoms with van der Waals surface area (Å²) in [6.07, 6.45) is 3.97. The van der Waals surface area contributed by atoms with Gasteiger partial charge in [-0.2, -0.15) is 0 Å². The molecule has 3 rings (SSSR count). The van der Waals surface area contributed by atoms with Crippen LogP contribution in [-0.2, 0) is 16.0 Å². The van der Waals surface area contributed by atoms with Crippen molar-refractivity contribution >= 4 is 11.8 Å². The molecular weight excluding hydrogens is 325 g/mol. The minimum atomic E-state index is -0.348. The Labute approximate surface area is 145 Å². The van der Waals surface area contributed by atoms with E-state index in [1.165, 1.54) is 24.3 Å². The van der Waals surface area contributed by atoms with Crippen molar-refractivity contribution in [3.63, 3.8) is 0 Å². The van der Waals surface area contributed by atoms with E-state index in [-0.39, 0.29) is 24.2 Å². The number of aromatic amines is 1. The quantitative estimate of drug-likeness (QED) is 0.892. The molecule has 0 saturated carbocycles. The number of rotatable bonds is 5. The van der Waals surface area contributed by atoms with Gasteiger partial charge in [0.25, 0.3) is 5.91 Å². The van der Waals surface area contributed by atoms with Gasteiger partial charge in [-0.05, 0) is 35.9 Å². The fraction of sp³-hybridized carbons (Fsp3) is 0.333. The lowest BCUT2D eigenvalue weighted by Gasteiger charge is -2.34. The first kappa shape index (κ1) is 17.0. The van der Waals surface area contributed by atoms with E-state index in [4.69, 9.17) is 4.74 Å². The summed E-state index contributed by atoms with van der Waals surface area (Å²) in [7, 11) is 0. The highest BCUT2D eigenvalue weighted by Gasteiger charge is 2.24. The Morgan fingerprint density at radius 1 is 1.00 bits per heavy atom. The lowest BCUT2D eigenvalue weighted by molar-refractivity contribution is -0.140. The molecule has 6 nitrogen and oxygen atoms in total. The van der Waals surface area contributed by atoms with Gasteiger partial charge >= 0.3 is 0 Å². The second-order valence-electron chi connectivity index (χ2n) is 5.90. The zero-order valence-electron chi connectivity index (χ0n) is 13.8. The van der Waals surface area contributed by atoms with Crippen molar-refractivity contribution in [1.82, 2.24) is 14.8 Å². The van der Waals surface area contributed by atoms with Crippen LogP contribution in [0.2, 0.25) is 0 Å². The summed E-state index contributed by atoms with van der Waals surface area (Å²) >= 11 is 0. The molecule has 0 unspecified atom stereocenters. The smallest absolute Gasteiger partial charge is 0.260 e. The predicted molar refractivity (Wildman–Crippen MR) is 89.6 cm³/mol. The normalized spacial score (nSPS) is 14.4. The molecule has 1 N–H and O–H groups in total. The van der Waals surface area contributed by atoms with E-state index in [1.54, 1.807) is 16.0 Å². The number of benzene rings is 1. The molecule has 2 aromatic rings. The van der Waals surface area contributed by atoms with E-state index < -0.39 is 0 Å². The van der Waals surface area contributed by atoms with Crippen molar-refractivity contribution in [3.8, 4) is 5.75 Å². The molecule has 1 aliphatic rings. The molecule has 1 fully saturated rings. The van der Waals surface area contributed by atoms with Gasteiger partial charge in [-0.15, -0.1) is 0 Å². The number of ether oxygens (including phenoxy) is 1. The van der Waals surface area contributed by atoms with Crippen LogP contribution in [0.25, 0.3) is 0 Å². The largest absolute Gasteiger partial charge is 0.484 e. The number of hydrogen-bond acceptors (Lipinski definition) is 3. The van der Waals surface area contributed by atoms with Crippen molar-refractivity contribution in [1.29, 1.82) is 0 Å². The molecule has 7 heteroatoms. The maximum atomic E-state index is 12.8. The lowest BCUT2D eigenvalue weighted by atomic mass is 10.2. The first-order valence-corrected chi connectivity index (χ1v) is 8.17. The maximum Gasteiger partial charge on any atom is 0.260 e. The molecule has 25 heavy (non-hydrogen) atoms. The average Bonchev–Trinajstić information content (AvgIpc) is 3.14. The van der Waals surface area contributed by atoms with Crippen LogP contribution >= 0.6 is 0 Å². The Kier molecular flexibility index (Phi) is 5.33. The summed E-state index contributed by atoms with van der Waals surface area (Å²) < 4.78 is 18.2. The summed E-state index contributed by atoms with van der Waals surface area (Å²) in [5.74, 6) is 0.0329. The standard InChI is InChI=1S/C18H20FN3O3/c19-15-1-3-16(4-2-15)25-13-18(24)22-9-7-21(8-10-22)17(23)11-14-5-6-20-12-14/h1-6,12,20H,7-11,13H2. The molecule has 2 heterocycles. The highest BCUT2D eigenvalue weighted by molar-refractivity contribution is 5.80. The number of carbonyl (C=O) groups excluding carboxylic acids is 2. The summed E-state index contributed by atoms with van der Waals surface area (Å²) in [4.78, 5) is 30.8. The van der Waals surface area contributed by atoms with Gasteiger partial charge in [0.2, 0.25) is 5.91 Å². The summed E-state index contributed by atoms with van der Waals surface area (Å²) in [5.41, 5.74) is 0.955. The van der Waals surface area contributed by atoms with Crippen molar-refractivity contribution in [2.45, 2.75) is 6.42 Å². The van der Waals surface area contributed by atoms with Crippen LogP contribution in [-0.4, -0.2) is 59.4 Å².